The molecule has 2 nitrogen and oxygen atoms in total. The normalized spacial score (nSPS) is 12.6. The van der Waals surface area contributed by atoms with E-state index in [9.17, 15) is 0 Å². The van der Waals surface area contributed by atoms with E-state index in [0.717, 1.165) is 17.3 Å². The number of halogens is 1. The molecule has 0 saturated heterocycles. The van der Waals surface area contributed by atoms with Crippen molar-refractivity contribution in [1.29, 1.82) is 0 Å². The highest BCUT2D eigenvalue weighted by molar-refractivity contribution is 7.16. The van der Waals surface area contributed by atoms with Crippen molar-refractivity contribution < 1.29 is 0 Å². The van der Waals surface area contributed by atoms with E-state index in [-0.39, 0.29) is 0 Å². The minimum absolute atomic E-state index is 0.309. The van der Waals surface area contributed by atoms with E-state index in [0.29, 0.717) is 6.04 Å². The Morgan fingerprint density at radius 3 is 2.88 bits per heavy atom. The number of likely N-dealkylation sites (N-methyl/N-ethyl adjacent to an activating group) is 1. The molecule has 0 saturated carbocycles. The molecule has 2 aromatic heterocycles. The van der Waals surface area contributed by atoms with Crippen LogP contribution in [0.15, 0.2) is 36.7 Å². The van der Waals surface area contributed by atoms with Gasteiger partial charge in [-0.05, 0) is 30.3 Å². The van der Waals surface area contributed by atoms with Gasteiger partial charge < -0.3 is 5.32 Å². The lowest BCUT2D eigenvalue weighted by atomic mass is 10.1. The molecule has 4 heteroatoms. The van der Waals surface area contributed by atoms with Crippen molar-refractivity contribution >= 4 is 22.9 Å². The van der Waals surface area contributed by atoms with Crippen LogP contribution in [0, 0.1) is 0 Å². The van der Waals surface area contributed by atoms with Crippen LogP contribution in [0.3, 0.4) is 0 Å². The maximum Gasteiger partial charge on any atom is 0.0931 e. The molecule has 0 aliphatic carbocycles. The molecule has 1 atom stereocenters. The number of nitrogens with one attached hydrogen (secondary N) is 1. The lowest BCUT2D eigenvalue weighted by Gasteiger charge is -2.17. The molecule has 0 radical (unpaired) electrons. The summed E-state index contributed by atoms with van der Waals surface area (Å²) in [5.74, 6) is 0. The van der Waals surface area contributed by atoms with Crippen LogP contribution < -0.4 is 5.32 Å². The van der Waals surface area contributed by atoms with Crippen molar-refractivity contribution in [1.82, 2.24) is 10.3 Å². The van der Waals surface area contributed by atoms with Crippen LogP contribution in [0.1, 0.15) is 23.4 Å². The predicted molar refractivity (Wildman–Crippen MR) is 73.7 cm³/mol. The fourth-order valence-corrected chi connectivity index (χ4v) is 2.93. The fraction of sp³-hybridized carbons (Fsp3) is 0.308. The lowest BCUT2D eigenvalue weighted by molar-refractivity contribution is 0.552. The Balaban J connectivity index is 2.13. The average molecular weight is 267 g/mol. The van der Waals surface area contributed by atoms with Crippen molar-refractivity contribution in [3.05, 3.63) is 51.4 Å². The maximum atomic E-state index is 5.95. The van der Waals surface area contributed by atoms with E-state index >= 15 is 0 Å². The minimum atomic E-state index is 0.309. The Bertz CT molecular complexity index is 455. The zero-order valence-electron chi connectivity index (χ0n) is 9.69. The van der Waals surface area contributed by atoms with Crippen molar-refractivity contribution in [3.63, 3.8) is 0 Å². The molecule has 0 amide bonds. The number of nitrogens with zero attached hydrogens (tertiary/aromatic N) is 1. The van der Waals surface area contributed by atoms with Crippen LogP contribution >= 0.6 is 22.9 Å². The summed E-state index contributed by atoms with van der Waals surface area (Å²) in [5.41, 5.74) is 1.22. The zero-order valence-corrected chi connectivity index (χ0v) is 11.3. The van der Waals surface area contributed by atoms with E-state index in [2.05, 4.69) is 29.4 Å². The van der Waals surface area contributed by atoms with Crippen LogP contribution in [0.25, 0.3) is 0 Å². The van der Waals surface area contributed by atoms with Gasteiger partial charge in [0, 0.05) is 29.7 Å². The smallest absolute Gasteiger partial charge is 0.0931 e. The molecule has 0 spiro atoms. The van der Waals surface area contributed by atoms with Crippen molar-refractivity contribution in [3.8, 4) is 0 Å². The van der Waals surface area contributed by atoms with Crippen LogP contribution in [0.5, 0.6) is 0 Å². The van der Waals surface area contributed by atoms with Gasteiger partial charge in [-0.15, -0.1) is 11.3 Å². The molecule has 17 heavy (non-hydrogen) atoms. The molecular formula is C13H15ClN2S. The predicted octanol–water partition coefficient (Wildman–Crippen LogP) is 3.69. The van der Waals surface area contributed by atoms with Gasteiger partial charge in [0.15, 0.2) is 0 Å². The first-order valence-electron chi connectivity index (χ1n) is 5.67. The van der Waals surface area contributed by atoms with Gasteiger partial charge in [-0.25, -0.2) is 0 Å². The van der Waals surface area contributed by atoms with Gasteiger partial charge in [0.25, 0.3) is 0 Å². The summed E-state index contributed by atoms with van der Waals surface area (Å²) in [5, 5.41) is 3.48. The van der Waals surface area contributed by atoms with Gasteiger partial charge in [-0.1, -0.05) is 24.6 Å². The van der Waals surface area contributed by atoms with Gasteiger partial charge in [-0.3, -0.25) is 4.98 Å². The summed E-state index contributed by atoms with van der Waals surface area (Å²) >= 11 is 7.59. The largest absolute Gasteiger partial charge is 0.310 e. The molecule has 0 fully saturated rings. The third-order valence-corrected chi connectivity index (χ3v) is 3.82. The first kappa shape index (κ1) is 12.6. The Morgan fingerprint density at radius 2 is 2.29 bits per heavy atom. The number of pyridine rings is 1. The van der Waals surface area contributed by atoms with Gasteiger partial charge in [-0.2, -0.15) is 0 Å². The fourth-order valence-electron chi connectivity index (χ4n) is 1.80. The highest BCUT2D eigenvalue weighted by atomic mass is 35.5. The van der Waals surface area contributed by atoms with Gasteiger partial charge in [0.1, 0.15) is 0 Å². The van der Waals surface area contributed by atoms with E-state index in [1.807, 2.05) is 18.3 Å². The molecule has 0 aromatic carbocycles. The summed E-state index contributed by atoms with van der Waals surface area (Å²) in [4.78, 5) is 5.47. The summed E-state index contributed by atoms with van der Waals surface area (Å²) in [6.45, 7) is 3.06. The molecule has 90 valence electrons. The Kier molecular flexibility index (Phi) is 4.54. The highest BCUT2D eigenvalue weighted by Gasteiger charge is 2.12. The number of hydrogen-bond acceptors (Lipinski definition) is 3. The van der Waals surface area contributed by atoms with Crippen LogP contribution in [0.2, 0.25) is 4.34 Å². The molecule has 1 unspecified atom stereocenters. The molecule has 2 rings (SSSR count). The molecule has 1 N–H and O–H groups in total. The molecule has 0 bridgehead atoms. The minimum Gasteiger partial charge on any atom is -0.310 e. The SMILES string of the molecule is CCNC(Cc1ccc(Cl)s1)c1cccnc1. The monoisotopic (exact) mass is 266 g/mol. The van der Waals surface area contributed by atoms with Crippen LogP contribution in [0.4, 0.5) is 0 Å². The third kappa shape index (κ3) is 3.53. The molecule has 0 aliphatic heterocycles. The Labute approximate surface area is 111 Å². The van der Waals surface area contributed by atoms with Gasteiger partial charge >= 0.3 is 0 Å². The molecule has 2 heterocycles. The zero-order chi connectivity index (χ0) is 12.1. The summed E-state index contributed by atoms with van der Waals surface area (Å²) in [6.07, 6.45) is 4.67. The average Bonchev–Trinajstić information content (AvgIpc) is 2.75. The van der Waals surface area contributed by atoms with Crippen LogP contribution in [-0.2, 0) is 6.42 Å². The second-order valence-corrected chi connectivity index (χ2v) is 5.61. The maximum absolute atomic E-state index is 5.95. The standard InChI is InChI=1S/C13H15ClN2S/c1-2-16-12(10-4-3-7-15-9-10)8-11-5-6-13(14)17-11/h3-7,9,12,16H,2,8H2,1H3. The first-order chi connectivity index (χ1) is 8.29. The topological polar surface area (TPSA) is 24.9 Å². The Morgan fingerprint density at radius 1 is 1.41 bits per heavy atom. The highest BCUT2D eigenvalue weighted by Crippen LogP contribution is 2.26. The van der Waals surface area contributed by atoms with E-state index in [1.165, 1.54) is 10.4 Å². The third-order valence-electron chi connectivity index (χ3n) is 2.57. The van der Waals surface area contributed by atoms with E-state index in [1.54, 1.807) is 17.5 Å². The number of rotatable bonds is 5. The second-order valence-electron chi connectivity index (χ2n) is 3.81. The van der Waals surface area contributed by atoms with Crippen molar-refractivity contribution in [2.24, 2.45) is 0 Å². The quantitative estimate of drug-likeness (QED) is 0.893. The van der Waals surface area contributed by atoms with Crippen molar-refractivity contribution in [2.75, 3.05) is 6.54 Å². The van der Waals surface area contributed by atoms with Crippen LogP contribution in [-0.4, -0.2) is 11.5 Å². The summed E-state index contributed by atoms with van der Waals surface area (Å²) in [7, 11) is 0. The second kappa shape index (κ2) is 6.15. The van der Waals surface area contributed by atoms with Gasteiger partial charge in [0.05, 0.1) is 4.34 Å². The number of thiophene rings is 1. The summed E-state index contributed by atoms with van der Waals surface area (Å²) in [6, 6.07) is 8.43. The first-order valence-corrected chi connectivity index (χ1v) is 6.86. The molecular weight excluding hydrogens is 252 g/mol. The van der Waals surface area contributed by atoms with Gasteiger partial charge in [0.2, 0.25) is 0 Å². The number of hydrogen-bond donors (Lipinski definition) is 1. The Hall–Kier alpha value is -0.900. The lowest BCUT2D eigenvalue weighted by Crippen LogP contribution is -2.22. The molecule has 2 aromatic rings. The number of aromatic nitrogens is 1. The summed E-state index contributed by atoms with van der Waals surface area (Å²) < 4.78 is 0.849. The van der Waals surface area contributed by atoms with Crippen molar-refractivity contribution in [2.45, 2.75) is 19.4 Å². The van der Waals surface area contributed by atoms with E-state index in [4.69, 9.17) is 11.6 Å². The molecule has 0 aliphatic rings. The van der Waals surface area contributed by atoms with E-state index < -0.39 is 0 Å².